The molecule has 0 aliphatic rings. The van der Waals surface area contributed by atoms with E-state index >= 15 is 0 Å². The van der Waals surface area contributed by atoms with Gasteiger partial charge in [-0.05, 0) is 69.2 Å². The molecule has 34 heavy (non-hydrogen) atoms. The van der Waals surface area contributed by atoms with Gasteiger partial charge in [0.1, 0.15) is 17.3 Å². The average molecular weight is 627 g/mol. The van der Waals surface area contributed by atoms with Crippen LogP contribution in [0.4, 0.5) is 0 Å². The van der Waals surface area contributed by atoms with E-state index in [0.717, 1.165) is 28.5 Å². The maximum absolute atomic E-state index is 7.10. The van der Waals surface area contributed by atoms with Crippen LogP contribution in [0.2, 0.25) is 4.47 Å². The molecule has 3 rings (SSSR count). The summed E-state index contributed by atoms with van der Waals surface area (Å²) in [7, 11) is 8.92. The summed E-state index contributed by atoms with van der Waals surface area (Å²) in [6, 6.07) is 15.4. The normalized spacial score (nSPS) is 9.97. The summed E-state index contributed by atoms with van der Waals surface area (Å²) in [4.78, 5) is 4.09. The molecule has 3 aromatic rings. The number of halogens is 6. The number of nitrogens with zero attached hydrogens (tertiary/aromatic N) is 2. The first-order valence-electron chi connectivity index (χ1n) is 8.99. The number of nitrogens with two attached hydrogens (primary N) is 1. The number of aromatic nitrogens is 2. The Morgan fingerprint density at radius 3 is 1.97 bits per heavy atom. The standard InChI is InChI=1S/C10H9ClN2OS.C9H12N2O.CCl4S.ClH/c1-14-8-4-2-3-7(5-8)6-9-12-10(11)15-13-9;1-12-8-4-2-3-7(5-8)6-9(10)11;2-1(3,4)6-5;/h2-5H,6H2,1H3;2-5H,6H2,1H3,(H3,10,11);;1H. The summed E-state index contributed by atoms with van der Waals surface area (Å²) in [5, 5.41) is 7.10. The van der Waals surface area contributed by atoms with Crippen molar-refractivity contribution in [2.24, 2.45) is 5.73 Å². The van der Waals surface area contributed by atoms with Crippen molar-refractivity contribution in [3.63, 3.8) is 0 Å². The second-order valence-corrected chi connectivity index (χ2v) is 11.6. The van der Waals surface area contributed by atoms with Gasteiger partial charge in [0, 0.05) is 23.8 Å². The first kappa shape index (κ1) is 33.2. The predicted octanol–water partition coefficient (Wildman–Crippen LogP) is 7.59. The third-order valence-corrected chi connectivity index (χ3v) is 6.67. The van der Waals surface area contributed by atoms with Crippen molar-refractivity contribution < 1.29 is 9.47 Å². The number of methoxy groups -OCH3 is 2. The van der Waals surface area contributed by atoms with Crippen molar-refractivity contribution in [3.05, 3.63) is 69.9 Å². The number of hydrogen-bond donors (Lipinski definition) is 2. The minimum absolute atomic E-state index is 0. The molecule has 188 valence electrons. The smallest absolute Gasteiger partial charge is 0.251 e. The highest BCUT2D eigenvalue weighted by atomic mass is 35.7. The molecule has 0 aliphatic carbocycles. The van der Waals surface area contributed by atoms with E-state index in [9.17, 15) is 0 Å². The zero-order valence-electron chi connectivity index (χ0n) is 17.9. The highest BCUT2D eigenvalue weighted by molar-refractivity contribution is 8.24. The van der Waals surface area contributed by atoms with Gasteiger partial charge in [0.25, 0.3) is 3.12 Å². The fourth-order valence-electron chi connectivity index (χ4n) is 2.27. The maximum Gasteiger partial charge on any atom is 0.251 e. The molecule has 1 aromatic heterocycles. The second kappa shape index (κ2) is 17.6. The van der Waals surface area contributed by atoms with Gasteiger partial charge in [-0.1, -0.05) is 59.1 Å². The predicted molar refractivity (Wildman–Crippen MR) is 150 cm³/mol. The molecule has 0 spiro atoms. The third kappa shape index (κ3) is 15.2. The monoisotopic (exact) mass is 624 g/mol. The van der Waals surface area contributed by atoms with E-state index in [1.807, 2.05) is 48.5 Å². The Labute approximate surface area is 238 Å². The van der Waals surface area contributed by atoms with Crippen molar-refractivity contribution in [1.82, 2.24) is 9.36 Å². The van der Waals surface area contributed by atoms with Crippen LogP contribution in [0.5, 0.6) is 11.5 Å². The number of ether oxygens (including phenoxy) is 2. The van der Waals surface area contributed by atoms with E-state index in [1.165, 1.54) is 11.5 Å². The molecule has 14 heteroatoms. The molecule has 2 aromatic carbocycles. The van der Waals surface area contributed by atoms with Crippen LogP contribution in [0, 0.1) is 5.41 Å². The summed E-state index contributed by atoms with van der Waals surface area (Å²) in [6.45, 7) is 0. The van der Waals surface area contributed by atoms with Crippen molar-refractivity contribution in [2.45, 2.75) is 16.0 Å². The Balaban J connectivity index is 0.000000517. The number of benzene rings is 2. The maximum atomic E-state index is 7.10. The van der Waals surface area contributed by atoms with Crippen LogP contribution in [-0.2, 0) is 12.8 Å². The molecule has 0 atom stereocenters. The van der Waals surface area contributed by atoms with Gasteiger partial charge in [-0.25, -0.2) is 4.98 Å². The van der Waals surface area contributed by atoms with E-state index in [-0.39, 0.29) is 18.2 Å². The lowest BCUT2D eigenvalue weighted by atomic mass is 10.1. The first-order valence-corrected chi connectivity index (χ1v) is 12.9. The largest absolute Gasteiger partial charge is 0.497 e. The van der Waals surface area contributed by atoms with Crippen LogP contribution in [0.15, 0.2) is 48.5 Å². The van der Waals surface area contributed by atoms with E-state index in [2.05, 4.69) is 9.36 Å². The van der Waals surface area contributed by atoms with E-state index in [0.29, 0.717) is 28.3 Å². The Morgan fingerprint density at radius 1 is 1.06 bits per heavy atom. The number of alkyl halides is 3. The molecular weight excluding hydrogens is 605 g/mol. The van der Waals surface area contributed by atoms with Crippen molar-refractivity contribution in [3.8, 4) is 11.5 Å². The van der Waals surface area contributed by atoms with E-state index in [1.54, 1.807) is 14.2 Å². The molecule has 0 amide bonds. The molecule has 0 radical (unpaired) electrons. The Morgan fingerprint density at radius 2 is 1.56 bits per heavy atom. The lowest BCUT2D eigenvalue weighted by Gasteiger charge is -2.02. The molecule has 6 nitrogen and oxygen atoms in total. The number of nitrogens with one attached hydrogen (secondary N) is 1. The molecular formula is C20H22Cl6N4O2S2. The fraction of sp³-hybridized carbons (Fsp3) is 0.250. The highest BCUT2D eigenvalue weighted by Crippen LogP contribution is 2.40. The van der Waals surface area contributed by atoms with Gasteiger partial charge in [0.15, 0.2) is 0 Å². The summed E-state index contributed by atoms with van der Waals surface area (Å²) in [6.07, 6.45) is 1.16. The van der Waals surface area contributed by atoms with Crippen LogP contribution in [-0.4, -0.2) is 32.5 Å². The van der Waals surface area contributed by atoms with Crippen LogP contribution >= 0.6 is 92.0 Å². The lowest BCUT2D eigenvalue weighted by molar-refractivity contribution is 0.414. The van der Waals surface area contributed by atoms with E-state index < -0.39 is 3.12 Å². The average Bonchev–Trinajstić information content (AvgIpc) is 3.18. The van der Waals surface area contributed by atoms with Gasteiger partial charge in [0.05, 0.1) is 20.1 Å². The molecule has 0 saturated carbocycles. The molecule has 0 fully saturated rings. The van der Waals surface area contributed by atoms with Crippen LogP contribution < -0.4 is 15.2 Å². The first-order chi connectivity index (χ1) is 15.6. The SMILES string of the molecule is COc1cccc(CC(=N)N)c1.COc1cccc(Cc2nsc(Cl)n2)c1.Cl.ClSC(Cl)(Cl)Cl. The van der Waals surface area contributed by atoms with Gasteiger partial charge in [-0.2, -0.15) is 4.37 Å². The number of rotatable bonds is 6. The van der Waals surface area contributed by atoms with Crippen molar-refractivity contribution >= 4 is 97.8 Å². The zero-order chi connectivity index (χ0) is 24.9. The quantitative estimate of drug-likeness (QED) is 0.166. The van der Waals surface area contributed by atoms with Gasteiger partial charge in [-0.3, -0.25) is 5.41 Å². The Bertz CT molecular complexity index is 1000. The second-order valence-electron chi connectivity index (χ2n) is 6.07. The van der Waals surface area contributed by atoms with E-state index in [4.69, 9.17) is 77.7 Å². The zero-order valence-corrected chi connectivity index (χ0v) is 24.2. The van der Waals surface area contributed by atoms with Crippen LogP contribution in [0.1, 0.15) is 17.0 Å². The summed E-state index contributed by atoms with van der Waals surface area (Å²) < 4.78 is 13.4. The van der Waals surface area contributed by atoms with Gasteiger partial charge in [0.2, 0.25) is 4.47 Å². The van der Waals surface area contributed by atoms with Gasteiger partial charge < -0.3 is 15.2 Å². The van der Waals surface area contributed by atoms with Gasteiger partial charge in [-0.15, -0.1) is 12.4 Å². The summed E-state index contributed by atoms with van der Waals surface area (Å²) in [5.74, 6) is 2.56. The lowest BCUT2D eigenvalue weighted by Crippen LogP contribution is -2.12. The van der Waals surface area contributed by atoms with Gasteiger partial charge >= 0.3 is 0 Å². The summed E-state index contributed by atoms with van der Waals surface area (Å²) >= 11 is 22.2. The highest BCUT2D eigenvalue weighted by Gasteiger charge is 2.17. The Hall–Kier alpha value is -0.840. The molecule has 0 aliphatic heterocycles. The number of hydrogen-bond acceptors (Lipinski definition) is 7. The third-order valence-electron chi connectivity index (χ3n) is 3.56. The molecule has 1 heterocycles. The molecule has 0 bridgehead atoms. The molecule has 0 unspecified atom stereocenters. The molecule has 3 N–H and O–H groups in total. The number of amidine groups is 1. The Kier molecular flexibility index (Phi) is 17.1. The fourth-order valence-corrected chi connectivity index (χ4v) is 2.91. The van der Waals surface area contributed by atoms with Crippen LogP contribution in [0.25, 0.3) is 0 Å². The van der Waals surface area contributed by atoms with Crippen molar-refractivity contribution in [1.29, 1.82) is 5.41 Å². The minimum Gasteiger partial charge on any atom is -0.497 e. The van der Waals surface area contributed by atoms with Crippen LogP contribution in [0.3, 0.4) is 0 Å². The molecule has 0 saturated heterocycles. The topological polar surface area (TPSA) is 94.1 Å². The minimum atomic E-state index is -1.36. The summed E-state index contributed by atoms with van der Waals surface area (Å²) in [5.41, 5.74) is 7.37. The van der Waals surface area contributed by atoms with Crippen molar-refractivity contribution in [2.75, 3.05) is 14.2 Å².